The largest absolute Gasteiger partial charge is 0.356 e. The summed E-state index contributed by atoms with van der Waals surface area (Å²) in [5.74, 6) is 3.68. The maximum absolute atomic E-state index is 12.5. The molecule has 4 atom stereocenters. The maximum Gasteiger partial charge on any atom is 0.225 e. The number of anilines is 1. The molecule has 3 aliphatic rings. The van der Waals surface area contributed by atoms with Gasteiger partial charge in [-0.25, -0.2) is 9.97 Å². The second-order valence-corrected chi connectivity index (χ2v) is 8.23. The molecule has 136 valence electrons. The third kappa shape index (κ3) is 3.96. The van der Waals surface area contributed by atoms with Crippen molar-refractivity contribution in [1.82, 2.24) is 15.3 Å². The summed E-state index contributed by atoms with van der Waals surface area (Å²) in [5.41, 5.74) is 1.02. The Kier molecular flexibility index (Phi) is 4.91. The number of carbonyl (C=O) groups excluding carboxylic acids is 1. The SMILES string of the molecule is Cc1ccnc(N2CCCC(CCNC(=O)C3CCCC4CC43)C2)n1. The fraction of sp³-hybridized carbons (Fsp3) is 0.750. The Morgan fingerprint density at radius 3 is 3.12 bits per heavy atom. The van der Waals surface area contributed by atoms with Crippen LogP contribution in [0, 0.1) is 30.6 Å². The Bertz CT molecular complexity index is 619. The minimum Gasteiger partial charge on any atom is -0.356 e. The van der Waals surface area contributed by atoms with Gasteiger partial charge in [0.25, 0.3) is 0 Å². The van der Waals surface area contributed by atoms with Crippen molar-refractivity contribution in [3.63, 3.8) is 0 Å². The predicted octanol–water partition coefficient (Wildman–Crippen LogP) is 2.94. The number of nitrogens with one attached hydrogen (secondary N) is 1. The minimum atomic E-state index is 0.308. The third-order valence-corrected chi connectivity index (χ3v) is 6.36. The van der Waals surface area contributed by atoms with Crippen molar-refractivity contribution in [3.8, 4) is 0 Å². The van der Waals surface area contributed by atoms with Crippen LogP contribution in [-0.4, -0.2) is 35.5 Å². The van der Waals surface area contributed by atoms with E-state index in [2.05, 4.69) is 20.2 Å². The van der Waals surface area contributed by atoms with E-state index in [1.165, 1.54) is 32.1 Å². The van der Waals surface area contributed by atoms with Crippen LogP contribution in [0.25, 0.3) is 0 Å². The summed E-state index contributed by atoms with van der Waals surface area (Å²) >= 11 is 0. The number of piperidine rings is 1. The molecule has 4 unspecified atom stereocenters. The van der Waals surface area contributed by atoms with Gasteiger partial charge >= 0.3 is 0 Å². The van der Waals surface area contributed by atoms with Gasteiger partial charge in [-0.1, -0.05) is 12.8 Å². The number of carbonyl (C=O) groups is 1. The Labute approximate surface area is 150 Å². The quantitative estimate of drug-likeness (QED) is 0.894. The number of aromatic nitrogens is 2. The van der Waals surface area contributed by atoms with Crippen molar-refractivity contribution in [2.75, 3.05) is 24.5 Å². The van der Waals surface area contributed by atoms with Crippen LogP contribution >= 0.6 is 0 Å². The van der Waals surface area contributed by atoms with Gasteiger partial charge in [0.1, 0.15) is 0 Å². The molecule has 1 aromatic rings. The molecule has 5 heteroatoms. The summed E-state index contributed by atoms with van der Waals surface area (Å²) in [6, 6.07) is 1.94. The molecule has 25 heavy (non-hydrogen) atoms. The lowest BCUT2D eigenvalue weighted by molar-refractivity contribution is -0.126. The van der Waals surface area contributed by atoms with E-state index in [1.54, 1.807) is 0 Å². The van der Waals surface area contributed by atoms with E-state index >= 15 is 0 Å². The van der Waals surface area contributed by atoms with Crippen molar-refractivity contribution in [2.45, 2.75) is 51.9 Å². The van der Waals surface area contributed by atoms with Crippen molar-refractivity contribution in [3.05, 3.63) is 18.0 Å². The molecule has 1 amide bonds. The van der Waals surface area contributed by atoms with E-state index in [9.17, 15) is 4.79 Å². The zero-order valence-corrected chi connectivity index (χ0v) is 15.3. The maximum atomic E-state index is 12.5. The molecule has 1 aliphatic heterocycles. The van der Waals surface area contributed by atoms with E-state index in [0.717, 1.165) is 50.0 Å². The molecule has 1 saturated heterocycles. The van der Waals surface area contributed by atoms with Crippen LogP contribution in [0.5, 0.6) is 0 Å². The standard InChI is InChI=1S/C20H30N4O/c1-14-7-9-22-20(23-14)24-11-3-4-15(13-24)8-10-21-19(25)17-6-2-5-16-12-18(16)17/h7,9,15-18H,2-6,8,10-13H2,1H3,(H,21,25). The van der Waals surface area contributed by atoms with Gasteiger partial charge < -0.3 is 10.2 Å². The van der Waals surface area contributed by atoms with E-state index in [4.69, 9.17) is 0 Å². The molecule has 1 aromatic heterocycles. The zero-order valence-electron chi connectivity index (χ0n) is 15.3. The molecule has 5 nitrogen and oxygen atoms in total. The van der Waals surface area contributed by atoms with Gasteiger partial charge in [0, 0.05) is 37.4 Å². The number of fused-ring (bicyclic) bond motifs is 1. The van der Waals surface area contributed by atoms with Crippen LogP contribution in [0.4, 0.5) is 5.95 Å². The molecule has 0 spiro atoms. The number of rotatable bonds is 5. The lowest BCUT2D eigenvalue weighted by Gasteiger charge is -2.33. The summed E-state index contributed by atoms with van der Waals surface area (Å²) in [6.07, 6.45) is 10.3. The first-order chi connectivity index (χ1) is 12.2. The van der Waals surface area contributed by atoms with Crippen LogP contribution < -0.4 is 10.2 Å². The molecule has 0 bridgehead atoms. The second kappa shape index (κ2) is 7.30. The summed E-state index contributed by atoms with van der Waals surface area (Å²) < 4.78 is 0. The van der Waals surface area contributed by atoms with E-state index in [-0.39, 0.29) is 0 Å². The Balaban J connectivity index is 1.23. The van der Waals surface area contributed by atoms with Gasteiger partial charge in [0.05, 0.1) is 0 Å². The molecule has 0 aromatic carbocycles. The number of nitrogens with zero attached hydrogens (tertiary/aromatic N) is 3. The van der Waals surface area contributed by atoms with E-state index in [0.29, 0.717) is 23.7 Å². The molecule has 2 aliphatic carbocycles. The molecular weight excluding hydrogens is 312 g/mol. The van der Waals surface area contributed by atoms with E-state index < -0.39 is 0 Å². The predicted molar refractivity (Wildman–Crippen MR) is 98.3 cm³/mol. The lowest BCUT2D eigenvalue weighted by atomic mass is 9.88. The Morgan fingerprint density at radius 2 is 2.24 bits per heavy atom. The Morgan fingerprint density at radius 1 is 1.32 bits per heavy atom. The third-order valence-electron chi connectivity index (χ3n) is 6.36. The van der Waals surface area contributed by atoms with Crippen molar-refractivity contribution in [1.29, 1.82) is 0 Å². The Hall–Kier alpha value is -1.65. The zero-order chi connectivity index (χ0) is 17.2. The highest BCUT2D eigenvalue weighted by Gasteiger charge is 2.47. The van der Waals surface area contributed by atoms with Gasteiger partial charge in [-0.2, -0.15) is 0 Å². The molecule has 2 heterocycles. The first-order valence-corrected chi connectivity index (χ1v) is 10.0. The van der Waals surface area contributed by atoms with Crippen molar-refractivity contribution >= 4 is 11.9 Å². The molecule has 4 rings (SSSR count). The van der Waals surface area contributed by atoms with Crippen molar-refractivity contribution < 1.29 is 4.79 Å². The summed E-state index contributed by atoms with van der Waals surface area (Å²) in [4.78, 5) is 23.7. The lowest BCUT2D eigenvalue weighted by Crippen LogP contribution is -2.39. The number of aryl methyl sites for hydroxylation is 1. The van der Waals surface area contributed by atoms with Crippen LogP contribution in [0.15, 0.2) is 12.3 Å². The first-order valence-electron chi connectivity index (χ1n) is 10.0. The molecule has 1 N–H and O–H groups in total. The second-order valence-electron chi connectivity index (χ2n) is 8.23. The molecule has 3 fully saturated rings. The van der Waals surface area contributed by atoms with Gasteiger partial charge in [0.15, 0.2) is 0 Å². The minimum absolute atomic E-state index is 0.308. The average Bonchev–Trinajstić information content (AvgIpc) is 3.41. The fourth-order valence-electron chi connectivity index (χ4n) is 4.84. The van der Waals surface area contributed by atoms with Crippen LogP contribution in [0.1, 0.15) is 50.6 Å². The van der Waals surface area contributed by atoms with Crippen LogP contribution in [0.2, 0.25) is 0 Å². The van der Waals surface area contributed by atoms with Crippen molar-refractivity contribution in [2.24, 2.45) is 23.7 Å². The molecule has 0 radical (unpaired) electrons. The highest BCUT2D eigenvalue weighted by Crippen LogP contribution is 2.52. The molecule has 2 saturated carbocycles. The first kappa shape index (κ1) is 16.8. The summed E-state index contributed by atoms with van der Waals surface area (Å²) in [5, 5.41) is 3.23. The van der Waals surface area contributed by atoms with Gasteiger partial charge in [-0.3, -0.25) is 4.79 Å². The number of hydrogen-bond acceptors (Lipinski definition) is 4. The van der Waals surface area contributed by atoms with Gasteiger partial charge in [-0.15, -0.1) is 0 Å². The smallest absolute Gasteiger partial charge is 0.225 e. The van der Waals surface area contributed by atoms with Crippen LogP contribution in [-0.2, 0) is 4.79 Å². The fourth-order valence-corrected chi connectivity index (χ4v) is 4.84. The number of amides is 1. The highest BCUT2D eigenvalue weighted by atomic mass is 16.1. The summed E-state index contributed by atoms with van der Waals surface area (Å²) in [6.45, 7) is 4.88. The normalized spacial score (nSPS) is 31.3. The number of hydrogen-bond donors (Lipinski definition) is 1. The molecular formula is C20H30N4O. The average molecular weight is 342 g/mol. The van der Waals surface area contributed by atoms with Gasteiger partial charge in [-0.05, 0) is 62.8 Å². The van der Waals surface area contributed by atoms with Crippen LogP contribution in [0.3, 0.4) is 0 Å². The summed E-state index contributed by atoms with van der Waals surface area (Å²) in [7, 11) is 0. The topological polar surface area (TPSA) is 58.1 Å². The highest BCUT2D eigenvalue weighted by molar-refractivity contribution is 5.79. The monoisotopic (exact) mass is 342 g/mol. The van der Waals surface area contributed by atoms with E-state index in [1.807, 2.05) is 19.2 Å². The van der Waals surface area contributed by atoms with Gasteiger partial charge in [0.2, 0.25) is 11.9 Å².